The summed E-state index contributed by atoms with van der Waals surface area (Å²) >= 11 is -1.51. The fourth-order valence-electron chi connectivity index (χ4n) is 5.67. The predicted octanol–water partition coefficient (Wildman–Crippen LogP) is 4.11. The molecule has 4 heterocycles. The van der Waals surface area contributed by atoms with Crippen LogP contribution in [0.25, 0.3) is 33.4 Å². The van der Waals surface area contributed by atoms with Gasteiger partial charge in [0.1, 0.15) is 12.8 Å². The lowest BCUT2D eigenvalue weighted by Crippen LogP contribution is -2.60. The minimum absolute atomic E-state index is 0.0555. The summed E-state index contributed by atoms with van der Waals surface area (Å²) in [6.45, 7) is 9.93. The summed E-state index contributed by atoms with van der Waals surface area (Å²) in [5, 5.41) is 10.3. The lowest BCUT2D eigenvalue weighted by Gasteiger charge is -2.46. The first-order chi connectivity index (χ1) is 20.7. The number of carboxylic acid groups (broad SMARTS) is 1. The van der Waals surface area contributed by atoms with Crippen molar-refractivity contribution in [2.45, 2.75) is 52.4 Å². The number of hydrogen-bond acceptors (Lipinski definition) is 7. The average molecular weight is 617 g/mol. The highest BCUT2D eigenvalue weighted by atomic mass is 32.2. The van der Waals surface area contributed by atoms with Crippen molar-refractivity contribution < 1.29 is 19.2 Å². The van der Waals surface area contributed by atoms with Crippen molar-refractivity contribution in [3.8, 4) is 22.4 Å². The molecule has 0 bridgehead atoms. The second kappa shape index (κ2) is 12.0. The van der Waals surface area contributed by atoms with Gasteiger partial charge >= 0.3 is 11.2 Å². The zero-order valence-corrected chi connectivity index (χ0v) is 26.5. The van der Waals surface area contributed by atoms with Gasteiger partial charge in [0, 0.05) is 59.2 Å². The van der Waals surface area contributed by atoms with Gasteiger partial charge in [-0.3, -0.25) is 19.1 Å². The van der Waals surface area contributed by atoms with Gasteiger partial charge in [-0.05, 0) is 54.7 Å². The summed E-state index contributed by atoms with van der Waals surface area (Å²) in [5.74, 6) is -0.333. The van der Waals surface area contributed by atoms with E-state index >= 15 is 0 Å². The highest BCUT2D eigenvalue weighted by Gasteiger charge is 2.39. The van der Waals surface area contributed by atoms with E-state index in [0.717, 1.165) is 22.5 Å². The highest BCUT2D eigenvalue weighted by Crippen LogP contribution is 2.30. The van der Waals surface area contributed by atoms with E-state index in [9.17, 15) is 24.0 Å². The Bertz CT molecular complexity index is 1820. The summed E-state index contributed by atoms with van der Waals surface area (Å²) in [6, 6.07) is 12.9. The maximum absolute atomic E-state index is 14.2. The first-order valence-corrected chi connectivity index (χ1v) is 15.9. The second-order valence-electron chi connectivity index (χ2n) is 12.2. The largest absolute Gasteiger partial charge is 0.609 e. The molecule has 3 aromatic heterocycles. The van der Waals surface area contributed by atoms with Crippen LogP contribution in [0.1, 0.15) is 32.0 Å². The summed E-state index contributed by atoms with van der Waals surface area (Å²) < 4.78 is 13.6. The number of carbonyl (C=O) groups is 2. The number of piperazine rings is 1. The number of aromatic nitrogens is 4. The Kier molecular flexibility index (Phi) is 8.50. The van der Waals surface area contributed by atoms with Crippen molar-refractivity contribution in [2.24, 2.45) is 5.41 Å². The van der Waals surface area contributed by atoms with E-state index in [2.05, 4.69) is 15.0 Å². The molecule has 1 aromatic carbocycles. The van der Waals surface area contributed by atoms with Crippen molar-refractivity contribution >= 4 is 34.2 Å². The topological polar surface area (TPSA) is 145 Å². The van der Waals surface area contributed by atoms with Crippen molar-refractivity contribution in [2.75, 3.05) is 25.9 Å². The zero-order valence-electron chi connectivity index (χ0n) is 25.7. The molecule has 1 fully saturated rings. The van der Waals surface area contributed by atoms with Crippen molar-refractivity contribution in [1.29, 1.82) is 0 Å². The molecule has 230 valence electrons. The standard InChI is InChI=1S/C32H36N6O5S/c1-19-14-21(25-9-7-8-20(2)34-25)10-11-23(19)24-15-22-16-33-30(44(6)43)35-28(22)38(29(24)40)18-27(39)36-12-13-37(31(41)42)26(17-36)32(3,4)5/h7-11,14-16,26H,12-13,17-18H2,1-6H3,(H,41,42). The Morgan fingerprint density at radius 1 is 1.07 bits per heavy atom. The molecule has 1 saturated heterocycles. The van der Waals surface area contributed by atoms with E-state index in [4.69, 9.17) is 0 Å². The maximum Gasteiger partial charge on any atom is 0.407 e. The van der Waals surface area contributed by atoms with Crippen LogP contribution in [0.5, 0.6) is 0 Å². The Balaban J connectivity index is 1.57. The minimum atomic E-state index is -1.51. The molecule has 12 heteroatoms. The van der Waals surface area contributed by atoms with Crippen LogP contribution in [-0.2, 0) is 22.5 Å². The molecule has 4 aromatic rings. The number of pyridine rings is 2. The summed E-state index contributed by atoms with van der Waals surface area (Å²) in [6.07, 6.45) is 1.94. The molecule has 0 spiro atoms. The van der Waals surface area contributed by atoms with Crippen LogP contribution in [0.3, 0.4) is 0 Å². The summed E-state index contributed by atoms with van der Waals surface area (Å²) in [7, 11) is 0. The van der Waals surface area contributed by atoms with Crippen molar-refractivity contribution in [3.05, 3.63) is 70.3 Å². The van der Waals surface area contributed by atoms with Gasteiger partial charge in [0.25, 0.3) is 5.56 Å². The Morgan fingerprint density at radius 3 is 2.45 bits per heavy atom. The average Bonchev–Trinajstić information content (AvgIpc) is 2.97. The smallest absolute Gasteiger partial charge is 0.407 e. The molecule has 2 amide bonds. The molecule has 2 atom stereocenters. The third-order valence-corrected chi connectivity index (χ3v) is 8.75. The monoisotopic (exact) mass is 616 g/mol. The first-order valence-electron chi connectivity index (χ1n) is 14.3. The summed E-state index contributed by atoms with van der Waals surface area (Å²) in [5.41, 5.74) is 3.95. The third kappa shape index (κ3) is 6.18. The van der Waals surface area contributed by atoms with Gasteiger partial charge < -0.3 is 19.5 Å². The number of benzene rings is 1. The van der Waals surface area contributed by atoms with Crippen molar-refractivity contribution in [1.82, 2.24) is 29.3 Å². The van der Waals surface area contributed by atoms with Crippen LogP contribution in [0.2, 0.25) is 0 Å². The predicted molar refractivity (Wildman–Crippen MR) is 169 cm³/mol. The lowest BCUT2D eigenvalue weighted by atomic mass is 9.84. The first kappa shape index (κ1) is 31.1. The van der Waals surface area contributed by atoms with Gasteiger partial charge in [0.05, 0.1) is 11.7 Å². The molecule has 5 rings (SSSR count). The molecule has 2 unspecified atom stereocenters. The molecular formula is C32H36N6O5S. The number of nitrogens with zero attached hydrogens (tertiary/aromatic N) is 6. The molecule has 0 radical (unpaired) electrons. The van der Waals surface area contributed by atoms with Gasteiger partial charge in [-0.2, -0.15) is 9.97 Å². The second-order valence-corrected chi connectivity index (χ2v) is 13.5. The van der Waals surface area contributed by atoms with Crippen LogP contribution in [0, 0.1) is 19.3 Å². The van der Waals surface area contributed by atoms with Gasteiger partial charge in [-0.15, -0.1) is 0 Å². The molecule has 44 heavy (non-hydrogen) atoms. The SMILES string of the molecule is Cc1cccc(-c2ccc(-c3cc4cnc([S+](C)[O-])nc4n(CC(=O)N4CCN(C(=O)O)C(C(C)(C)C)C4)c3=O)c(C)c2)n1. The molecule has 1 N–H and O–H groups in total. The third-order valence-electron chi connectivity index (χ3n) is 8.03. The number of aryl methyl sites for hydroxylation is 2. The molecule has 1 aliphatic heterocycles. The Labute approximate surface area is 258 Å². The van der Waals surface area contributed by atoms with Gasteiger partial charge in [-0.25, -0.2) is 4.79 Å². The molecule has 1 aliphatic rings. The van der Waals surface area contributed by atoms with Crippen molar-refractivity contribution in [3.63, 3.8) is 0 Å². The Hall–Kier alpha value is -4.29. The van der Waals surface area contributed by atoms with Gasteiger partial charge in [0.2, 0.25) is 5.91 Å². The molecular weight excluding hydrogens is 580 g/mol. The number of rotatable bonds is 5. The van der Waals surface area contributed by atoms with Crippen LogP contribution in [0.4, 0.5) is 4.79 Å². The molecule has 0 aliphatic carbocycles. The van der Waals surface area contributed by atoms with Crippen LogP contribution >= 0.6 is 0 Å². The highest BCUT2D eigenvalue weighted by molar-refractivity contribution is 7.90. The zero-order chi connectivity index (χ0) is 31.9. The number of carbonyl (C=O) groups excluding carboxylic acids is 1. The van der Waals surface area contributed by atoms with E-state index in [0.29, 0.717) is 16.5 Å². The van der Waals surface area contributed by atoms with E-state index in [1.165, 1.54) is 21.9 Å². The van der Waals surface area contributed by atoms with Crippen LogP contribution in [0.15, 0.2) is 58.6 Å². The van der Waals surface area contributed by atoms with E-state index in [1.54, 1.807) is 11.0 Å². The number of hydrogen-bond donors (Lipinski definition) is 1. The molecule has 0 saturated carbocycles. The van der Waals surface area contributed by atoms with Crippen LogP contribution in [-0.4, -0.2) is 82.9 Å². The summed E-state index contributed by atoms with van der Waals surface area (Å²) in [4.78, 5) is 56.1. The minimum Gasteiger partial charge on any atom is -0.609 e. The quantitative estimate of drug-likeness (QED) is 0.261. The van der Waals surface area contributed by atoms with Gasteiger partial charge in [-0.1, -0.05) is 39.0 Å². The fourth-order valence-corrected chi connectivity index (χ4v) is 6.08. The lowest BCUT2D eigenvalue weighted by molar-refractivity contribution is -0.135. The number of fused-ring (bicyclic) bond motifs is 1. The fraction of sp³-hybridized carbons (Fsp3) is 0.375. The number of amides is 2. The van der Waals surface area contributed by atoms with Crippen LogP contribution < -0.4 is 5.56 Å². The normalized spacial score (nSPS) is 16.3. The van der Waals surface area contributed by atoms with E-state index < -0.39 is 34.3 Å². The Morgan fingerprint density at radius 2 is 1.82 bits per heavy atom. The molecule has 11 nitrogen and oxygen atoms in total. The van der Waals surface area contributed by atoms with E-state index in [-0.39, 0.29) is 42.9 Å². The van der Waals surface area contributed by atoms with E-state index in [1.807, 2.05) is 71.0 Å². The maximum atomic E-state index is 14.2. The van der Waals surface area contributed by atoms with Gasteiger partial charge in [0.15, 0.2) is 5.65 Å².